The van der Waals surface area contributed by atoms with E-state index in [1.54, 1.807) is 0 Å². The van der Waals surface area contributed by atoms with Crippen LogP contribution in [0.3, 0.4) is 0 Å². The van der Waals surface area contributed by atoms with Gasteiger partial charge in [0.05, 0.1) is 0 Å². The molecule has 2 rings (SSSR count). The molecule has 2 nitrogen and oxygen atoms in total. The zero-order valence-electron chi connectivity index (χ0n) is 13.0. The summed E-state index contributed by atoms with van der Waals surface area (Å²) >= 11 is 0. The molecule has 2 heteroatoms. The molecule has 0 radical (unpaired) electrons. The third-order valence-electron chi connectivity index (χ3n) is 5.53. The van der Waals surface area contributed by atoms with Crippen LogP contribution in [0.4, 0.5) is 0 Å². The molecule has 106 valence electrons. The Labute approximate surface area is 114 Å². The van der Waals surface area contributed by atoms with Gasteiger partial charge in [0.1, 0.15) is 0 Å². The van der Waals surface area contributed by atoms with Crippen molar-refractivity contribution in [3.8, 4) is 0 Å². The van der Waals surface area contributed by atoms with Crippen molar-refractivity contribution < 1.29 is 0 Å². The molecular weight excluding hydrogens is 220 g/mol. The number of nitrogens with one attached hydrogen (secondary N) is 1. The molecule has 1 saturated carbocycles. The third-order valence-corrected chi connectivity index (χ3v) is 5.53. The summed E-state index contributed by atoms with van der Waals surface area (Å²) in [6.45, 7) is 12.3. The summed E-state index contributed by atoms with van der Waals surface area (Å²) in [5, 5.41) is 3.62. The molecule has 1 aliphatic heterocycles. The maximum Gasteiger partial charge on any atom is 0.0271 e. The van der Waals surface area contributed by atoms with Crippen molar-refractivity contribution in [1.29, 1.82) is 0 Å². The van der Waals surface area contributed by atoms with Gasteiger partial charge in [-0.3, -0.25) is 4.90 Å². The van der Waals surface area contributed by atoms with Gasteiger partial charge in [0.2, 0.25) is 0 Å². The Morgan fingerprint density at radius 3 is 2.50 bits per heavy atom. The summed E-state index contributed by atoms with van der Waals surface area (Å²) in [4.78, 5) is 2.78. The van der Waals surface area contributed by atoms with Gasteiger partial charge in [-0.2, -0.15) is 0 Å². The fraction of sp³-hybridized carbons (Fsp3) is 1.00. The van der Waals surface area contributed by atoms with Crippen molar-refractivity contribution in [2.24, 2.45) is 17.3 Å². The van der Waals surface area contributed by atoms with E-state index in [1.807, 2.05) is 0 Å². The minimum atomic E-state index is 0.452. The van der Waals surface area contributed by atoms with Crippen molar-refractivity contribution in [2.75, 3.05) is 20.1 Å². The molecule has 1 aliphatic carbocycles. The van der Waals surface area contributed by atoms with E-state index in [2.05, 4.69) is 45.0 Å². The number of hydrogen-bond donors (Lipinski definition) is 1. The van der Waals surface area contributed by atoms with Gasteiger partial charge in [-0.15, -0.1) is 0 Å². The zero-order chi connectivity index (χ0) is 13.3. The van der Waals surface area contributed by atoms with Crippen LogP contribution in [0, 0.1) is 17.3 Å². The number of likely N-dealkylation sites (N-methyl/N-ethyl adjacent to an activating group) is 1. The molecule has 0 aromatic heterocycles. The smallest absolute Gasteiger partial charge is 0.0271 e. The fourth-order valence-electron chi connectivity index (χ4n) is 4.25. The lowest BCUT2D eigenvalue weighted by atomic mass is 9.70. The summed E-state index contributed by atoms with van der Waals surface area (Å²) < 4.78 is 0. The quantitative estimate of drug-likeness (QED) is 0.830. The van der Waals surface area contributed by atoms with Crippen LogP contribution < -0.4 is 5.32 Å². The molecule has 0 aromatic rings. The Morgan fingerprint density at radius 1 is 1.22 bits per heavy atom. The van der Waals surface area contributed by atoms with Crippen LogP contribution in [-0.2, 0) is 0 Å². The van der Waals surface area contributed by atoms with Crippen LogP contribution in [0.15, 0.2) is 0 Å². The summed E-state index contributed by atoms with van der Waals surface area (Å²) in [5.41, 5.74) is 0.452. The first-order chi connectivity index (χ1) is 8.45. The lowest BCUT2D eigenvalue weighted by Gasteiger charge is -2.47. The highest BCUT2D eigenvalue weighted by Crippen LogP contribution is 2.39. The molecule has 3 unspecified atom stereocenters. The van der Waals surface area contributed by atoms with E-state index in [-0.39, 0.29) is 0 Å². The second kappa shape index (κ2) is 5.50. The number of rotatable bonds is 3. The third kappa shape index (κ3) is 2.75. The van der Waals surface area contributed by atoms with Gasteiger partial charge in [-0.1, -0.05) is 34.1 Å². The van der Waals surface area contributed by atoms with E-state index in [0.717, 1.165) is 17.9 Å². The minimum absolute atomic E-state index is 0.452. The van der Waals surface area contributed by atoms with E-state index < -0.39 is 0 Å². The molecule has 2 fully saturated rings. The maximum atomic E-state index is 3.62. The van der Waals surface area contributed by atoms with E-state index in [0.29, 0.717) is 11.5 Å². The molecule has 18 heavy (non-hydrogen) atoms. The average Bonchev–Trinajstić information content (AvgIpc) is 2.76. The van der Waals surface area contributed by atoms with Crippen LogP contribution in [0.1, 0.15) is 53.4 Å². The second-order valence-electron chi connectivity index (χ2n) is 7.50. The molecule has 0 bridgehead atoms. The van der Waals surface area contributed by atoms with Gasteiger partial charge in [-0.05, 0) is 50.1 Å². The predicted molar refractivity (Wildman–Crippen MR) is 78.8 cm³/mol. The van der Waals surface area contributed by atoms with Crippen LogP contribution in [0.5, 0.6) is 0 Å². The Bertz CT molecular complexity index is 272. The SMILES string of the molecule is CNC1C(N2CCC(C(C)C)C2)CCCC1(C)C. The van der Waals surface area contributed by atoms with Gasteiger partial charge in [0.15, 0.2) is 0 Å². The molecule has 1 heterocycles. The van der Waals surface area contributed by atoms with E-state index in [1.165, 1.54) is 38.8 Å². The number of likely N-dealkylation sites (tertiary alicyclic amines) is 1. The molecular formula is C16H32N2. The van der Waals surface area contributed by atoms with E-state index >= 15 is 0 Å². The molecule has 2 aliphatic rings. The summed E-state index contributed by atoms with van der Waals surface area (Å²) in [5.74, 6) is 1.77. The fourth-order valence-corrected chi connectivity index (χ4v) is 4.25. The predicted octanol–water partition coefficient (Wildman–Crippen LogP) is 3.13. The topological polar surface area (TPSA) is 15.3 Å². The second-order valence-corrected chi connectivity index (χ2v) is 7.50. The van der Waals surface area contributed by atoms with E-state index in [4.69, 9.17) is 0 Å². The number of nitrogens with zero attached hydrogens (tertiary/aromatic N) is 1. The Hall–Kier alpha value is -0.0800. The Balaban J connectivity index is 2.03. The molecule has 0 spiro atoms. The van der Waals surface area contributed by atoms with Crippen molar-refractivity contribution in [3.63, 3.8) is 0 Å². The first-order valence-corrected chi connectivity index (χ1v) is 7.87. The number of hydrogen-bond acceptors (Lipinski definition) is 2. The summed E-state index contributed by atoms with van der Waals surface area (Å²) in [6.07, 6.45) is 5.57. The van der Waals surface area contributed by atoms with Crippen molar-refractivity contribution >= 4 is 0 Å². The summed E-state index contributed by atoms with van der Waals surface area (Å²) in [6, 6.07) is 1.43. The van der Waals surface area contributed by atoms with Crippen LogP contribution >= 0.6 is 0 Å². The highest BCUT2D eigenvalue weighted by Gasteiger charge is 2.42. The normalized spacial score (nSPS) is 37.3. The zero-order valence-corrected chi connectivity index (χ0v) is 13.0. The van der Waals surface area contributed by atoms with Gasteiger partial charge >= 0.3 is 0 Å². The van der Waals surface area contributed by atoms with Crippen LogP contribution in [0.2, 0.25) is 0 Å². The van der Waals surface area contributed by atoms with Crippen LogP contribution in [-0.4, -0.2) is 37.1 Å². The average molecular weight is 252 g/mol. The molecule has 3 atom stereocenters. The van der Waals surface area contributed by atoms with Gasteiger partial charge in [-0.25, -0.2) is 0 Å². The lowest BCUT2D eigenvalue weighted by Crippen LogP contribution is -2.57. The Kier molecular flexibility index (Phi) is 4.38. The van der Waals surface area contributed by atoms with Crippen molar-refractivity contribution in [1.82, 2.24) is 10.2 Å². The van der Waals surface area contributed by atoms with Gasteiger partial charge in [0.25, 0.3) is 0 Å². The van der Waals surface area contributed by atoms with Crippen molar-refractivity contribution in [2.45, 2.75) is 65.5 Å². The minimum Gasteiger partial charge on any atom is -0.315 e. The Morgan fingerprint density at radius 2 is 1.94 bits per heavy atom. The summed E-state index contributed by atoms with van der Waals surface area (Å²) in [7, 11) is 2.15. The molecule has 0 amide bonds. The molecule has 0 aromatic carbocycles. The molecule has 1 saturated heterocycles. The largest absolute Gasteiger partial charge is 0.315 e. The van der Waals surface area contributed by atoms with Crippen LogP contribution in [0.25, 0.3) is 0 Å². The van der Waals surface area contributed by atoms with Crippen molar-refractivity contribution in [3.05, 3.63) is 0 Å². The standard InChI is InChI=1S/C16H32N2/c1-12(2)13-8-10-18(11-13)14-7-6-9-16(3,4)15(14)17-5/h12-15,17H,6-11H2,1-5H3. The highest BCUT2D eigenvalue weighted by atomic mass is 15.2. The maximum absolute atomic E-state index is 3.62. The first kappa shape index (κ1) is 14.3. The molecule has 1 N–H and O–H groups in total. The van der Waals surface area contributed by atoms with E-state index in [9.17, 15) is 0 Å². The first-order valence-electron chi connectivity index (χ1n) is 7.87. The van der Waals surface area contributed by atoms with Gasteiger partial charge in [0, 0.05) is 18.6 Å². The lowest BCUT2D eigenvalue weighted by molar-refractivity contribution is 0.0627. The van der Waals surface area contributed by atoms with Gasteiger partial charge < -0.3 is 5.32 Å². The monoisotopic (exact) mass is 252 g/mol. The highest BCUT2D eigenvalue weighted by molar-refractivity contribution is 4.99.